The Bertz CT molecular complexity index is 516. The monoisotopic (exact) mass is 271 g/mol. The van der Waals surface area contributed by atoms with E-state index in [0.29, 0.717) is 18.1 Å². The van der Waals surface area contributed by atoms with Crippen LogP contribution in [-0.4, -0.2) is 60.0 Å². The lowest BCUT2D eigenvalue weighted by Crippen LogP contribution is -2.65. The third-order valence-corrected chi connectivity index (χ3v) is 5.66. The van der Waals surface area contributed by atoms with E-state index < -0.39 is 0 Å². The number of hydrogen-bond donors (Lipinski definition) is 0. The molecule has 3 atom stereocenters. The van der Waals surface area contributed by atoms with Crippen molar-refractivity contribution in [2.75, 3.05) is 27.2 Å². The summed E-state index contributed by atoms with van der Waals surface area (Å²) in [7, 11) is 4.61. The van der Waals surface area contributed by atoms with Gasteiger partial charge in [0, 0.05) is 37.1 Å². The van der Waals surface area contributed by atoms with Gasteiger partial charge in [-0.15, -0.1) is 0 Å². The van der Waals surface area contributed by atoms with Crippen LogP contribution in [0.25, 0.3) is 0 Å². The molecule has 0 aromatic heterocycles. The molecule has 4 rings (SSSR count). The molecule has 3 heteroatoms. The Balaban J connectivity index is 1.75. The lowest BCUT2D eigenvalue weighted by molar-refractivity contribution is 0.0224. The fourth-order valence-corrected chi connectivity index (χ4v) is 4.68. The fraction of sp³-hybridized carbons (Fsp3) is 0.647. The van der Waals surface area contributed by atoms with Crippen molar-refractivity contribution in [1.29, 1.82) is 0 Å². The van der Waals surface area contributed by atoms with Gasteiger partial charge in [-0.05, 0) is 57.5 Å². The van der Waals surface area contributed by atoms with Gasteiger partial charge in [0.15, 0.2) is 0 Å². The van der Waals surface area contributed by atoms with Gasteiger partial charge in [-0.25, -0.2) is 0 Å². The summed E-state index contributed by atoms with van der Waals surface area (Å²) in [5, 5.41) is 0. The van der Waals surface area contributed by atoms with Gasteiger partial charge in [-0.1, -0.05) is 6.08 Å². The largest absolute Gasteiger partial charge is 0.343 e. The van der Waals surface area contributed by atoms with Crippen LogP contribution in [0.1, 0.15) is 26.2 Å². The van der Waals surface area contributed by atoms with Crippen molar-refractivity contribution in [2.45, 2.75) is 44.3 Å². The molecule has 0 N–H and O–H groups in total. The number of fused-ring (bicyclic) bond motifs is 4. The van der Waals surface area contributed by atoms with Crippen LogP contribution in [0.4, 0.5) is 0 Å². The second kappa shape index (κ2) is 4.47. The molecule has 1 unspecified atom stereocenters. The van der Waals surface area contributed by atoms with E-state index in [9.17, 15) is 0 Å². The molecule has 0 spiro atoms. The van der Waals surface area contributed by atoms with E-state index in [0.717, 1.165) is 0 Å². The summed E-state index contributed by atoms with van der Waals surface area (Å²) in [6.45, 7) is 4.69. The predicted molar refractivity (Wildman–Crippen MR) is 82.2 cm³/mol. The molecule has 4 aliphatic rings. The molecule has 3 heterocycles. The van der Waals surface area contributed by atoms with Crippen LogP contribution >= 0.6 is 0 Å². The van der Waals surface area contributed by atoms with E-state index in [1.807, 2.05) is 0 Å². The molecule has 0 radical (unpaired) electrons. The summed E-state index contributed by atoms with van der Waals surface area (Å²) < 4.78 is 0. The Morgan fingerprint density at radius 3 is 2.80 bits per heavy atom. The number of likely N-dealkylation sites (N-methyl/N-ethyl adjacent to an activating group) is 2. The number of allylic oxidation sites excluding steroid dienone is 2. The molecule has 1 saturated heterocycles. The third-order valence-electron chi connectivity index (χ3n) is 5.66. The summed E-state index contributed by atoms with van der Waals surface area (Å²) in [6.07, 6.45) is 10.9. The van der Waals surface area contributed by atoms with Gasteiger partial charge in [0.2, 0.25) is 0 Å². The van der Waals surface area contributed by atoms with Gasteiger partial charge in [-0.3, -0.25) is 9.80 Å². The Kier molecular flexibility index (Phi) is 2.83. The van der Waals surface area contributed by atoms with E-state index >= 15 is 0 Å². The van der Waals surface area contributed by atoms with Crippen LogP contribution < -0.4 is 0 Å². The Labute approximate surface area is 122 Å². The van der Waals surface area contributed by atoms with Crippen LogP contribution in [0, 0.1) is 0 Å². The van der Waals surface area contributed by atoms with Crippen molar-refractivity contribution in [3.8, 4) is 0 Å². The number of hydrogen-bond acceptors (Lipinski definition) is 3. The van der Waals surface area contributed by atoms with Gasteiger partial charge in [0.25, 0.3) is 0 Å². The second-order valence-corrected chi connectivity index (χ2v) is 6.88. The van der Waals surface area contributed by atoms with Crippen molar-refractivity contribution in [3.63, 3.8) is 0 Å². The minimum atomic E-state index is 0.598. The quantitative estimate of drug-likeness (QED) is 0.669. The lowest BCUT2D eigenvalue weighted by atomic mass is 9.85. The first-order chi connectivity index (χ1) is 9.66. The first-order valence-corrected chi connectivity index (χ1v) is 7.92. The van der Waals surface area contributed by atoms with Gasteiger partial charge < -0.3 is 4.90 Å². The number of rotatable bonds is 0. The molecule has 3 aliphatic heterocycles. The van der Waals surface area contributed by atoms with Gasteiger partial charge in [0.1, 0.15) is 0 Å². The molecular formula is C17H25N3. The highest BCUT2D eigenvalue weighted by atomic mass is 15.3. The van der Waals surface area contributed by atoms with Crippen LogP contribution in [0.5, 0.6) is 0 Å². The normalized spacial score (nSPS) is 37.6. The molecular weight excluding hydrogens is 246 g/mol. The molecule has 0 saturated carbocycles. The highest BCUT2D eigenvalue weighted by Gasteiger charge is 2.47. The minimum Gasteiger partial charge on any atom is -0.343 e. The van der Waals surface area contributed by atoms with E-state index in [-0.39, 0.29) is 0 Å². The highest BCUT2D eigenvalue weighted by molar-refractivity contribution is 5.40. The van der Waals surface area contributed by atoms with E-state index in [4.69, 9.17) is 0 Å². The summed E-state index contributed by atoms with van der Waals surface area (Å²) in [4.78, 5) is 7.74. The highest BCUT2D eigenvalue weighted by Crippen LogP contribution is 2.43. The average molecular weight is 271 g/mol. The Morgan fingerprint density at radius 1 is 1.15 bits per heavy atom. The Hall–Kier alpha value is -1.06. The van der Waals surface area contributed by atoms with Crippen LogP contribution in [0.3, 0.4) is 0 Å². The maximum absolute atomic E-state index is 2.60. The van der Waals surface area contributed by atoms with Crippen LogP contribution in [-0.2, 0) is 0 Å². The summed E-state index contributed by atoms with van der Waals surface area (Å²) in [5.74, 6) is 0. The molecule has 0 amide bonds. The van der Waals surface area contributed by atoms with E-state index in [1.165, 1.54) is 43.6 Å². The first kappa shape index (κ1) is 12.7. The standard InChI is InChI=1S/C17H25N3/c1-12-11-20-14-7-5-4-6-13(14)10-15(20)17-16(12)18(2)8-9-19(17)3/h5,7,11,15-17H,4,6,8-10H2,1-3H3/t15-,16?,17+/m0/s1. The van der Waals surface area contributed by atoms with Crippen molar-refractivity contribution in [3.05, 3.63) is 35.2 Å². The zero-order chi connectivity index (χ0) is 13.9. The maximum atomic E-state index is 2.60. The molecule has 108 valence electrons. The average Bonchev–Trinajstić information content (AvgIpc) is 2.81. The zero-order valence-electron chi connectivity index (χ0n) is 12.8. The van der Waals surface area contributed by atoms with Crippen LogP contribution in [0.2, 0.25) is 0 Å². The van der Waals surface area contributed by atoms with Crippen molar-refractivity contribution in [2.24, 2.45) is 0 Å². The van der Waals surface area contributed by atoms with Gasteiger partial charge in [0.05, 0.1) is 6.04 Å². The maximum Gasteiger partial charge on any atom is 0.0548 e. The molecule has 20 heavy (non-hydrogen) atoms. The molecule has 3 nitrogen and oxygen atoms in total. The third kappa shape index (κ3) is 1.66. The van der Waals surface area contributed by atoms with Crippen molar-refractivity contribution >= 4 is 0 Å². The van der Waals surface area contributed by atoms with Gasteiger partial charge >= 0.3 is 0 Å². The Morgan fingerprint density at radius 2 is 1.95 bits per heavy atom. The second-order valence-electron chi connectivity index (χ2n) is 6.88. The molecule has 0 bridgehead atoms. The van der Waals surface area contributed by atoms with Crippen molar-refractivity contribution in [1.82, 2.24) is 14.7 Å². The minimum absolute atomic E-state index is 0.598. The lowest BCUT2D eigenvalue weighted by Gasteiger charge is -2.52. The molecule has 0 aromatic carbocycles. The van der Waals surface area contributed by atoms with E-state index in [2.05, 4.69) is 54.1 Å². The predicted octanol–water partition coefficient (Wildman–Crippen LogP) is 2.20. The zero-order valence-corrected chi connectivity index (χ0v) is 12.8. The summed E-state index contributed by atoms with van der Waals surface area (Å²) in [6, 6.07) is 1.88. The van der Waals surface area contributed by atoms with Gasteiger partial charge in [-0.2, -0.15) is 0 Å². The SMILES string of the molecule is CC1=CN2C3=C(CCC=C3)C[C@H]2[C@@H]2C1N(C)CCN2C. The number of nitrogens with zero attached hydrogens (tertiary/aromatic N) is 3. The number of piperazine rings is 1. The van der Waals surface area contributed by atoms with Crippen molar-refractivity contribution < 1.29 is 0 Å². The van der Waals surface area contributed by atoms with E-state index in [1.54, 1.807) is 5.57 Å². The summed E-state index contributed by atoms with van der Waals surface area (Å²) >= 11 is 0. The van der Waals surface area contributed by atoms with Crippen LogP contribution in [0.15, 0.2) is 35.2 Å². The topological polar surface area (TPSA) is 9.72 Å². The summed E-state index contributed by atoms with van der Waals surface area (Å²) in [5.41, 5.74) is 4.71. The molecule has 1 fully saturated rings. The first-order valence-electron chi connectivity index (χ1n) is 7.92. The molecule has 0 aromatic rings. The smallest absolute Gasteiger partial charge is 0.0548 e. The molecule has 1 aliphatic carbocycles. The fourth-order valence-electron chi connectivity index (χ4n) is 4.68.